The molecule has 8 heteroatoms. The van der Waals surface area contributed by atoms with Crippen molar-refractivity contribution in [2.24, 2.45) is 0 Å². The molecule has 2 N–H and O–H groups in total. The number of hydrogen-bond acceptors (Lipinski definition) is 6. The van der Waals surface area contributed by atoms with Crippen molar-refractivity contribution in [2.75, 3.05) is 59.7 Å². The summed E-state index contributed by atoms with van der Waals surface area (Å²) in [6.45, 7) is 5.67. The van der Waals surface area contributed by atoms with Crippen LogP contribution in [0.25, 0.3) is 0 Å². The Morgan fingerprint density at radius 3 is 2.44 bits per heavy atom. The largest absolute Gasteiger partial charge is 0.385 e. The normalized spacial score (nSPS) is 14.9. The molecule has 2 rings (SSSR count). The number of morpholine rings is 1. The quantitative estimate of drug-likeness (QED) is 0.605. The fraction of sp³-hybridized carbons (Fsp3) is 0.588. The van der Waals surface area contributed by atoms with E-state index in [1.54, 1.807) is 13.2 Å². The summed E-state index contributed by atoms with van der Waals surface area (Å²) < 4.78 is 10.2. The molecule has 1 aliphatic rings. The zero-order valence-electron chi connectivity index (χ0n) is 14.6. The number of rotatable bonds is 9. The Bertz CT molecular complexity index is 561. The molecule has 138 valence electrons. The zero-order chi connectivity index (χ0) is 17.9. The minimum atomic E-state index is -0.244. The van der Waals surface area contributed by atoms with Crippen molar-refractivity contribution in [1.29, 1.82) is 0 Å². The molecule has 0 aliphatic carbocycles. The average Bonchev–Trinajstić information content (AvgIpc) is 2.66. The third kappa shape index (κ3) is 6.77. The Morgan fingerprint density at radius 1 is 1.16 bits per heavy atom. The lowest BCUT2D eigenvalue weighted by Gasteiger charge is -2.26. The van der Waals surface area contributed by atoms with E-state index in [9.17, 15) is 9.59 Å². The second-order valence-corrected chi connectivity index (χ2v) is 5.77. The molecule has 1 aromatic rings. The van der Waals surface area contributed by atoms with Crippen molar-refractivity contribution in [3.05, 3.63) is 29.6 Å². The fourth-order valence-corrected chi connectivity index (χ4v) is 2.46. The van der Waals surface area contributed by atoms with Crippen LogP contribution in [0.5, 0.6) is 0 Å². The number of methoxy groups -OCH3 is 1. The Hall–Kier alpha value is -2.03. The van der Waals surface area contributed by atoms with Crippen LogP contribution < -0.4 is 10.6 Å². The van der Waals surface area contributed by atoms with Gasteiger partial charge in [-0.05, 0) is 12.5 Å². The van der Waals surface area contributed by atoms with E-state index < -0.39 is 0 Å². The van der Waals surface area contributed by atoms with Gasteiger partial charge in [0.25, 0.3) is 11.8 Å². The minimum absolute atomic E-state index is 0.227. The van der Waals surface area contributed by atoms with Crippen molar-refractivity contribution in [3.8, 4) is 0 Å². The van der Waals surface area contributed by atoms with Gasteiger partial charge in [0.15, 0.2) is 0 Å². The Kier molecular flexibility index (Phi) is 8.30. The first-order chi connectivity index (χ1) is 12.2. The van der Waals surface area contributed by atoms with Gasteiger partial charge >= 0.3 is 0 Å². The molecule has 0 aromatic carbocycles. The molecule has 1 fully saturated rings. The van der Waals surface area contributed by atoms with Crippen molar-refractivity contribution in [1.82, 2.24) is 20.5 Å². The van der Waals surface area contributed by atoms with Crippen LogP contribution in [0.1, 0.15) is 27.1 Å². The van der Waals surface area contributed by atoms with Gasteiger partial charge in [-0.3, -0.25) is 19.5 Å². The lowest BCUT2D eigenvalue weighted by Crippen LogP contribution is -2.41. The van der Waals surface area contributed by atoms with Gasteiger partial charge < -0.3 is 20.1 Å². The minimum Gasteiger partial charge on any atom is -0.385 e. The highest BCUT2D eigenvalue weighted by Gasteiger charge is 2.13. The van der Waals surface area contributed by atoms with E-state index in [4.69, 9.17) is 9.47 Å². The lowest BCUT2D eigenvalue weighted by atomic mass is 10.2. The number of nitrogens with zero attached hydrogens (tertiary/aromatic N) is 2. The van der Waals surface area contributed by atoms with E-state index in [1.807, 2.05) is 0 Å². The highest BCUT2D eigenvalue weighted by molar-refractivity contribution is 5.99. The molecule has 1 saturated heterocycles. The summed E-state index contributed by atoms with van der Waals surface area (Å²) in [5.41, 5.74) is 0.754. The van der Waals surface area contributed by atoms with E-state index in [0.29, 0.717) is 30.8 Å². The van der Waals surface area contributed by atoms with E-state index in [-0.39, 0.29) is 11.8 Å². The smallest absolute Gasteiger partial charge is 0.252 e. The van der Waals surface area contributed by atoms with Crippen LogP contribution in [0.15, 0.2) is 18.5 Å². The second-order valence-electron chi connectivity index (χ2n) is 5.77. The predicted octanol–water partition coefficient (Wildman–Crippen LogP) is -0.0901. The Balaban J connectivity index is 1.78. The molecule has 8 nitrogen and oxygen atoms in total. The van der Waals surface area contributed by atoms with Crippen LogP contribution in [0.2, 0.25) is 0 Å². The molecule has 0 spiro atoms. The summed E-state index contributed by atoms with van der Waals surface area (Å²) in [5.74, 6) is -0.471. The van der Waals surface area contributed by atoms with Crippen LogP contribution in [-0.4, -0.2) is 81.4 Å². The van der Waals surface area contributed by atoms with Crippen molar-refractivity contribution < 1.29 is 19.1 Å². The van der Waals surface area contributed by atoms with Crippen LogP contribution in [0, 0.1) is 0 Å². The molecule has 1 aliphatic heterocycles. The first-order valence-electron chi connectivity index (χ1n) is 8.51. The number of nitrogens with one attached hydrogen (secondary N) is 2. The first-order valence-corrected chi connectivity index (χ1v) is 8.51. The summed E-state index contributed by atoms with van der Waals surface area (Å²) in [7, 11) is 1.62. The van der Waals surface area contributed by atoms with Crippen LogP contribution >= 0.6 is 0 Å². The van der Waals surface area contributed by atoms with Crippen molar-refractivity contribution >= 4 is 11.8 Å². The number of carbonyl (C=O) groups is 2. The second kappa shape index (κ2) is 10.8. The summed E-state index contributed by atoms with van der Waals surface area (Å²) in [4.78, 5) is 30.5. The van der Waals surface area contributed by atoms with Crippen molar-refractivity contribution in [3.63, 3.8) is 0 Å². The average molecular weight is 350 g/mol. The Labute approximate surface area is 147 Å². The number of pyridine rings is 1. The number of amides is 2. The summed E-state index contributed by atoms with van der Waals surface area (Å²) in [6.07, 6.45) is 3.65. The maximum atomic E-state index is 12.2. The molecule has 1 aromatic heterocycles. The molecule has 0 atom stereocenters. The van der Waals surface area contributed by atoms with Crippen LogP contribution in [0.4, 0.5) is 0 Å². The van der Waals surface area contributed by atoms with Gasteiger partial charge in [-0.1, -0.05) is 0 Å². The first kappa shape index (κ1) is 19.3. The molecular formula is C17H26N4O4. The summed E-state index contributed by atoms with van der Waals surface area (Å²) in [5, 5.41) is 5.64. The topological polar surface area (TPSA) is 92.8 Å². The highest BCUT2D eigenvalue weighted by Crippen LogP contribution is 2.03. The maximum Gasteiger partial charge on any atom is 0.252 e. The van der Waals surface area contributed by atoms with E-state index in [0.717, 1.165) is 39.3 Å². The van der Waals surface area contributed by atoms with Crippen LogP contribution in [0.3, 0.4) is 0 Å². The van der Waals surface area contributed by atoms with Gasteiger partial charge in [0.2, 0.25) is 0 Å². The summed E-state index contributed by atoms with van der Waals surface area (Å²) >= 11 is 0. The van der Waals surface area contributed by atoms with Gasteiger partial charge in [0.1, 0.15) is 0 Å². The molecule has 25 heavy (non-hydrogen) atoms. The number of carbonyl (C=O) groups excluding carboxylic acids is 2. The van der Waals surface area contributed by atoms with E-state index in [1.165, 1.54) is 12.4 Å². The molecule has 0 saturated carbocycles. The van der Waals surface area contributed by atoms with Crippen molar-refractivity contribution in [2.45, 2.75) is 6.42 Å². The molecule has 0 bridgehead atoms. The SMILES string of the molecule is COCCCNC(=O)c1cncc(C(=O)NCCN2CCOCC2)c1. The molecule has 2 heterocycles. The lowest BCUT2D eigenvalue weighted by molar-refractivity contribution is 0.0383. The number of ether oxygens (including phenoxy) is 2. The predicted molar refractivity (Wildman–Crippen MR) is 92.7 cm³/mol. The Morgan fingerprint density at radius 2 is 1.80 bits per heavy atom. The van der Waals surface area contributed by atoms with Crippen LogP contribution in [-0.2, 0) is 9.47 Å². The van der Waals surface area contributed by atoms with Gasteiger partial charge in [-0.25, -0.2) is 0 Å². The van der Waals surface area contributed by atoms with Gasteiger partial charge in [0.05, 0.1) is 24.3 Å². The van der Waals surface area contributed by atoms with Gasteiger partial charge in [-0.2, -0.15) is 0 Å². The number of aromatic nitrogens is 1. The fourth-order valence-electron chi connectivity index (χ4n) is 2.46. The van der Waals surface area contributed by atoms with E-state index in [2.05, 4.69) is 20.5 Å². The van der Waals surface area contributed by atoms with E-state index >= 15 is 0 Å². The third-order valence-electron chi connectivity index (χ3n) is 3.89. The maximum absolute atomic E-state index is 12.2. The zero-order valence-corrected chi connectivity index (χ0v) is 14.6. The third-order valence-corrected chi connectivity index (χ3v) is 3.89. The highest BCUT2D eigenvalue weighted by atomic mass is 16.5. The molecule has 2 amide bonds. The monoisotopic (exact) mass is 350 g/mol. The molecule has 0 radical (unpaired) electrons. The summed E-state index contributed by atoms with van der Waals surface area (Å²) in [6, 6.07) is 1.56. The van der Waals surface area contributed by atoms with Gasteiger partial charge in [0, 0.05) is 58.8 Å². The molecule has 0 unspecified atom stereocenters. The number of hydrogen-bond donors (Lipinski definition) is 2. The molecular weight excluding hydrogens is 324 g/mol. The van der Waals surface area contributed by atoms with Gasteiger partial charge in [-0.15, -0.1) is 0 Å². The standard InChI is InChI=1S/C17H26N4O4/c1-24-8-2-3-19-16(22)14-11-15(13-18-12-14)17(23)20-4-5-21-6-9-25-10-7-21/h11-13H,2-10H2,1H3,(H,19,22)(H,20,23).